The van der Waals surface area contributed by atoms with Gasteiger partial charge in [0.1, 0.15) is 11.1 Å². The van der Waals surface area contributed by atoms with Crippen molar-refractivity contribution in [2.24, 2.45) is 0 Å². The summed E-state index contributed by atoms with van der Waals surface area (Å²) in [7, 11) is 0. The van der Waals surface area contributed by atoms with Crippen LogP contribution in [0.4, 0.5) is 5.00 Å². The van der Waals surface area contributed by atoms with Gasteiger partial charge in [0.2, 0.25) is 0 Å². The Bertz CT molecular complexity index is 840. The fourth-order valence-corrected chi connectivity index (χ4v) is 4.82. The number of ether oxygens (including phenoxy) is 1. The molecule has 1 heterocycles. The minimum Gasteiger partial charge on any atom is -0.455 e. The molecule has 134 valence electrons. The first-order valence-corrected chi connectivity index (χ1v) is 10.3. The van der Waals surface area contributed by atoms with E-state index >= 15 is 0 Å². The van der Waals surface area contributed by atoms with Gasteiger partial charge in [-0.05, 0) is 30.4 Å². The van der Waals surface area contributed by atoms with Gasteiger partial charge in [-0.25, -0.2) is 0 Å². The van der Waals surface area contributed by atoms with Crippen molar-refractivity contribution >= 4 is 40.0 Å². The number of hydrogen-bond donors (Lipinski definition) is 1. The second-order valence-electron chi connectivity index (χ2n) is 5.86. The van der Waals surface area contributed by atoms with Crippen molar-refractivity contribution in [3.63, 3.8) is 0 Å². The molecule has 0 unspecified atom stereocenters. The van der Waals surface area contributed by atoms with Crippen LogP contribution in [0.2, 0.25) is 0 Å². The average Bonchev–Trinajstić information content (AvgIpc) is 3.21. The normalized spacial score (nSPS) is 12.3. The highest BCUT2D eigenvalue weighted by Gasteiger charge is 2.23. The van der Waals surface area contributed by atoms with Crippen LogP contribution in [0.3, 0.4) is 0 Å². The van der Waals surface area contributed by atoms with E-state index in [0.717, 1.165) is 30.4 Å². The minimum atomic E-state index is -0.421. The van der Waals surface area contributed by atoms with E-state index in [1.807, 2.05) is 30.3 Å². The molecular weight excluding hydrogens is 368 g/mol. The lowest BCUT2D eigenvalue weighted by Gasteiger charge is -2.06. The molecule has 1 aromatic heterocycles. The van der Waals surface area contributed by atoms with Gasteiger partial charge < -0.3 is 10.1 Å². The Hall–Kier alpha value is -2.30. The largest absolute Gasteiger partial charge is 0.455 e. The summed E-state index contributed by atoms with van der Waals surface area (Å²) in [5.74, 6) is 0.0750. The third-order valence-electron chi connectivity index (χ3n) is 3.98. The highest BCUT2D eigenvalue weighted by Crippen LogP contribution is 2.38. The number of rotatable bonds is 7. The minimum absolute atomic E-state index is 0.193. The zero-order valence-electron chi connectivity index (χ0n) is 14.1. The monoisotopic (exact) mass is 386 g/mol. The molecule has 0 atom stereocenters. The molecule has 5 nitrogen and oxygen atoms in total. The van der Waals surface area contributed by atoms with Crippen molar-refractivity contribution in [3.8, 4) is 6.07 Å². The summed E-state index contributed by atoms with van der Waals surface area (Å²) in [6, 6.07) is 12.0. The number of benzene rings is 1. The number of fused-ring (bicyclic) bond motifs is 1. The predicted molar refractivity (Wildman–Crippen MR) is 103 cm³/mol. The molecule has 0 spiro atoms. The second-order valence-corrected chi connectivity index (χ2v) is 7.95. The van der Waals surface area contributed by atoms with Gasteiger partial charge >= 0.3 is 5.97 Å². The maximum Gasteiger partial charge on any atom is 0.316 e. The summed E-state index contributed by atoms with van der Waals surface area (Å²) in [5.41, 5.74) is 2.75. The summed E-state index contributed by atoms with van der Waals surface area (Å²) >= 11 is 2.89. The molecule has 1 aliphatic rings. The van der Waals surface area contributed by atoms with Gasteiger partial charge in [0.15, 0.2) is 6.61 Å². The first kappa shape index (κ1) is 18.5. The molecule has 2 aromatic rings. The summed E-state index contributed by atoms with van der Waals surface area (Å²) < 4.78 is 5.01. The van der Waals surface area contributed by atoms with E-state index in [0.29, 0.717) is 16.3 Å². The number of carbonyl (C=O) groups excluding carboxylic acids is 2. The van der Waals surface area contributed by atoms with Gasteiger partial charge in [0.25, 0.3) is 5.91 Å². The number of nitrogens with zero attached hydrogens (tertiary/aromatic N) is 1. The maximum absolute atomic E-state index is 12.0. The van der Waals surface area contributed by atoms with Gasteiger partial charge in [-0.3, -0.25) is 9.59 Å². The number of anilines is 1. The number of carbonyl (C=O) groups is 2. The highest BCUT2D eigenvalue weighted by molar-refractivity contribution is 7.99. The number of aryl methyl sites for hydroxylation is 1. The molecule has 1 N–H and O–H groups in total. The lowest BCUT2D eigenvalue weighted by molar-refractivity contribution is -0.144. The summed E-state index contributed by atoms with van der Waals surface area (Å²) in [4.78, 5) is 24.9. The zero-order chi connectivity index (χ0) is 18.4. The van der Waals surface area contributed by atoms with E-state index in [9.17, 15) is 14.9 Å². The van der Waals surface area contributed by atoms with Gasteiger partial charge in [-0.1, -0.05) is 30.3 Å². The third kappa shape index (κ3) is 4.65. The molecule has 1 aliphatic carbocycles. The van der Waals surface area contributed by atoms with E-state index in [2.05, 4.69) is 11.4 Å². The molecule has 0 fully saturated rings. The SMILES string of the molecule is N#Cc1c(NC(=O)COC(=O)CSCc2ccccc2)sc2c1CCC2. The number of amides is 1. The van der Waals surface area contributed by atoms with Crippen LogP contribution in [-0.2, 0) is 32.9 Å². The van der Waals surface area contributed by atoms with Gasteiger partial charge in [0, 0.05) is 10.6 Å². The molecule has 26 heavy (non-hydrogen) atoms. The molecular formula is C19H18N2O3S2. The van der Waals surface area contributed by atoms with Crippen molar-refractivity contribution < 1.29 is 14.3 Å². The van der Waals surface area contributed by atoms with Gasteiger partial charge in [-0.2, -0.15) is 5.26 Å². The zero-order valence-corrected chi connectivity index (χ0v) is 15.8. The van der Waals surface area contributed by atoms with E-state index in [1.54, 1.807) is 0 Å². The molecule has 3 rings (SSSR count). The fourth-order valence-electron chi connectivity index (χ4n) is 2.79. The summed E-state index contributed by atoms with van der Waals surface area (Å²) in [5, 5.41) is 12.6. The van der Waals surface area contributed by atoms with Crippen molar-refractivity contribution in [1.29, 1.82) is 5.26 Å². The van der Waals surface area contributed by atoms with E-state index in [-0.39, 0.29) is 12.4 Å². The number of nitriles is 1. The number of nitrogens with one attached hydrogen (secondary N) is 1. The second kappa shape index (κ2) is 8.88. The van der Waals surface area contributed by atoms with Gasteiger partial charge in [-0.15, -0.1) is 23.1 Å². The maximum atomic E-state index is 12.0. The lowest BCUT2D eigenvalue weighted by Crippen LogP contribution is -2.21. The molecule has 7 heteroatoms. The van der Waals surface area contributed by atoms with Crippen LogP contribution in [0.5, 0.6) is 0 Å². The first-order chi connectivity index (χ1) is 12.7. The predicted octanol–water partition coefficient (Wildman–Crippen LogP) is 3.52. The van der Waals surface area contributed by atoms with Crippen LogP contribution < -0.4 is 5.32 Å². The molecule has 0 saturated carbocycles. The standard InChI is InChI=1S/C19H18N2O3S2/c20-9-15-14-7-4-8-16(14)26-19(15)21-17(22)10-24-18(23)12-25-11-13-5-2-1-3-6-13/h1-3,5-6H,4,7-8,10-12H2,(H,21,22). The highest BCUT2D eigenvalue weighted by atomic mass is 32.2. The Balaban J connectivity index is 1.41. The molecule has 0 bridgehead atoms. The van der Waals surface area contributed by atoms with Crippen LogP contribution in [0.25, 0.3) is 0 Å². The fraction of sp³-hybridized carbons (Fsp3) is 0.316. The smallest absolute Gasteiger partial charge is 0.316 e. The summed E-state index contributed by atoms with van der Waals surface area (Å²) in [6.07, 6.45) is 2.90. The Morgan fingerprint density at radius 3 is 2.85 bits per heavy atom. The van der Waals surface area contributed by atoms with Crippen LogP contribution in [0.15, 0.2) is 30.3 Å². The number of thiophene rings is 1. The number of thioether (sulfide) groups is 1. The van der Waals surface area contributed by atoms with Crippen LogP contribution in [-0.4, -0.2) is 24.2 Å². The quantitative estimate of drug-likeness (QED) is 0.737. The van der Waals surface area contributed by atoms with Crippen LogP contribution in [0.1, 0.15) is 28.0 Å². The van der Waals surface area contributed by atoms with Crippen LogP contribution >= 0.6 is 23.1 Å². The average molecular weight is 386 g/mol. The van der Waals surface area contributed by atoms with E-state index in [4.69, 9.17) is 4.74 Å². The Morgan fingerprint density at radius 1 is 1.27 bits per heavy atom. The summed E-state index contributed by atoms with van der Waals surface area (Å²) in [6.45, 7) is -0.335. The van der Waals surface area contributed by atoms with Crippen LogP contribution in [0, 0.1) is 11.3 Å². The van der Waals surface area contributed by atoms with Crippen molar-refractivity contribution in [1.82, 2.24) is 0 Å². The first-order valence-electron chi connectivity index (χ1n) is 8.29. The van der Waals surface area contributed by atoms with E-state index < -0.39 is 11.9 Å². The Morgan fingerprint density at radius 2 is 2.08 bits per heavy atom. The van der Waals surface area contributed by atoms with Crippen molar-refractivity contribution in [3.05, 3.63) is 51.9 Å². The van der Waals surface area contributed by atoms with Gasteiger partial charge in [0.05, 0.1) is 11.3 Å². The Kier molecular flexibility index (Phi) is 6.31. The molecule has 1 amide bonds. The van der Waals surface area contributed by atoms with E-state index in [1.165, 1.54) is 28.0 Å². The lowest BCUT2D eigenvalue weighted by atomic mass is 10.1. The molecule has 0 radical (unpaired) electrons. The molecule has 0 aliphatic heterocycles. The number of esters is 1. The van der Waals surface area contributed by atoms with Crippen molar-refractivity contribution in [2.45, 2.75) is 25.0 Å². The van der Waals surface area contributed by atoms with Crippen molar-refractivity contribution in [2.75, 3.05) is 17.7 Å². The number of hydrogen-bond acceptors (Lipinski definition) is 6. The topological polar surface area (TPSA) is 79.2 Å². The third-order valence-corrected chi connectivity index (χ3v) is 6.17. The molecule has 1 aromatic carbocycles. The molecule has 0 saturated heterocycles. The Labute approximate surface area is 160 Å².